The molecule has 0 aliphatic rings. The summed E-state index contributed by atoms with van der Waals surface area (Å²) in [5.41, 5.74) is 9.45. The van der Waals surface area contributed by atoms with Crippen molar-refractivity contribution < 1.29 is 4.79 Å². The number of para-hydroxylation sites is 1. The Balaban J connectivity index is 1.86. The second-order valence-electron chi connectivity index (χ2n) is 6.40. The molecule has 25 heavy (non-hydrogen) atoms. The molecule has 1 amide bonds. The van der Waals surface area contributed by atoms with Crippen molar-refractivity contribution in [3.63, 3.8) is 0 Å². The monoisotopic (exact) mass is 339 g/mol. The SMILES string of the molecule is CCCCCNCc1ccc(C(=O)NC(C)c2ccccc2N)cc1. The van der Waals surface area contributed by atoms with E-state index in [1.165, 1.54) is 24.8 Å². The number of hydrogen-bond acceptors (Lipinski definition) is 3. The fraction of sp³-hybridized carbons (Fsp3) is 0.381. The number of unbranched alkanes of at least 4 members (excludes halogenated alkanes) is 2. The minimum absolute atomic E-state index is 0.0850. The van der Waals surface area contributed by atoms with Crippen LogP contribution in [0.15, 0.2) is 48.5 Å². The molecule has 4 N–H and O–H groups in total. The van der Waals surface area contributed by atoms with Crippen LogP contribution in [0.5, 0.6) is 0 Å². The topological polar surface area (TPSA) is 67.2 Å². The molecule has 0 saturated heterocycles. The van der Waals surface area contributed by atoms with Gasteiger partial charge < -0.3 is 16.4 Å². The first-order valence-corrected chi connectivity index (χ1v) is 9.06. The van der Waals surface area contributed by atoms with Crippen LogP contribution in [0.1, 0.15) is 60.6 Å². The first-order chi connectivity index (χ1) is 12.1. The molecular formula is C21H29N3O. The Labute approximate surface area is 150 Å². The molecule has 0 fully saturated rings. The maximum atomic E-state index is 12.4. The lowest BCUT2D eigenvalue weighted by Gasteiger charge is -2.16. The van der Waals surface area contributed by atoms with Crippen molar-refractivity contribution in [2.45, 2.75) is 45.7 Å². The zero-order valence-corrected chi connectivity index (χ0v) is 15.2. The van der Waals surface area contributed by atoms with Crippen LogP contribution >= 0.6 is 0 Å². The zero-order chi connectivity index (χ0) is 18.1. The summed E-state index contributed by atoms with van der Waals surface area (Å²) in [6.45, 7) is 6.02. The molecule has 2 rings (SSSR count). The summed E-state index contributed by atoms with van der Waals surface area (Å²) in [6.07, 6.45) is 3.70. The number of nitrogen functional groups attached to an aromatic ring is 1. The van der Waals surface area contributed by atoms with Crippen LogP contribution in [0.4, 0.5) is 5.69 Å². The predicted molar refractivity (Wildman–Crippen MR) is 104 cm³/mol. The largest absolute Gasteiger partial charge is 0.398 e. The summed E-state index contributed by atoms with van der Waals surface area (Å²) in [7, 11) is 0. The molecule has 0 aliphatic heterocycles. The van der Waals surface area contributed by atoms with Gasteiger partial charge in [-0.05, 0) is 49.2 Å². The number of anilines is 1. The first-order valence-electron chi connectivity index (χ1n) is 9.06. The summed E-state index contributed by atoms with van der Waals surface area (Å²) in [5, 5.41) is 6.44. The quantitative estimate of drug-likeness (QED) is 0.477. The number of benzene rings is 2. The molecule has 0 saturated carbocycles. The van der Waals surface area contributed by atoms with Crippen molar-refractivity contribution >= 4 is 11.6 Å². The number of carbonyl (C=O) groups is 1. The van der Waals surface area contributed by atoms with Crippen LogP contribution in [0.25, 0.3) is 0 Å². The third-order valence-electron chi connectivity index (χ3n) is 4.31. The molecule has 1 atom stereocenters. The Kier molecular flexibility index (Phi) is 7.48. The lowest BCUT2D eigenvalue weighted by atomic mass is 10.1. The molecule has 2 aromatic rings. The van der Waals surface area contributed by atoms with E-state index in [-0.39, 0.29) is 11.9 Å². The van der Waals surface area contributed by atoms with E-state index < -0.39 is 0 Å². The highest BCUT2D eigenvalue weighted by molar-refractivity contribution is 5.94. The van der Waals surface area contributed by atoms with Crippen LogP contribution in [0.2, 0.25) is 0 Å². The second kappa shape index (κ2) is 9.84. The van der Waals surface area contributed by atoms with Gasteiger partial charge in [0.1, 0.15) is 0 Å². The summed E-state index contributed by atoms with van der Waals surface area (Å²) in [6, 6.07) is 15.2. The second-order valence-corrected chi connectivity index (χ2v) is 6.40. The van der Waals surface area contributed by atoms with Crippen molar-refractivity contribution in [1.82, 2.24) is 10.6 Å². The minimum atomic E-state index is -0.131. The van der Waals surface area contributed by atoms with Crippen molar-refractivity contribution in [2.75, 3.05) is 12.3 Å². The van der Waals surface area contributed by atoms with E-state index in [0.717, 1.165) is 18.7 Å². The van der Waals surface area contributed by atoms with Crippen molar-refractivity contribution in [3.05, 3.63) is 65.2 Å². The van der Waals surface area contributed by atoms with Crippen molar-refractivity contribution in [1.29, 1.82) is 0 Å². The summed E-state index contributed by atoms with van der Waals surface area (Å²) >= 11 is 0. The van der Waals surface area contributed by atoms with Crippen LogP contribution in [-0.4, -0.2) is 12.5 Å². The highest BCUT2D eigenvalue weighted by atomic mass is 16.1. The molecule has 0 aliphatic carbocycles. The number of carbonyl (C=O) groups excluding carboxylic acids is 1. The molecule has 0 aromatic heterocycles. The van der Waals surface area contributed by atoms with Gasteiger partial charge in [0, 0.05) is 17.8 Å². The lowest BCUT2D eigenvalue weighted by Crippen LogP contribution is -2.27. The Bertz CT molecular complexity index is 667. The number of rotatable bonds is 9. The smallest absolute Gasteiger partial charge is 0.251 e. The number of nitrogens with one attached hydrogen (secondary N) is 2. The molecule has 0 heterocycles. The van der Waals surface area contributed by atoms with Crippen LogP contribution in [0, 0.1) is 0 Å². The third kappa shape index (κ3) is 5.91. The normalized spacial score (nSPS) is 11.9. The molecule has 4 nitrogen and oxygen atoms in total. The average molecular weight is 339 g/mol. The van der Waals surface area contributed by atoms with Gasteiger partial charge in [0.05, 0.1) is 6.04 Å². The summed E-state index contributed by atoms with van der Waals surface area (Å²) in [4.78, 5) is 12.4. The van der Waals surface area contributed by atoms with Crippen LogP contribution < -0.4 is 16.4 Å². The van der Waals surface area contributed by atoms with Gasteiger partial charge in [-0.2, -0.15) is 0 Å². The fourth-order valence-electron chi connectivity index (χ4n) is 2.77. The van der Waals surface area contributed by atoms with Gasteiger partial charge in [-0.15, -0.1) is 0 Å². The minimum Gasteiger partial charge on any atom is -0.398 e. The molecule has 0 spiro atoms. The zero-order valence-electron chi connectivity index (χ0n) is 15.2. The van der Waals surface area contributed by atoms with Gasteiger partial charge in [-0.3, -0.25) is 4.79 Å². The number of amides is 1. The lowest BCUT2D eigenvalue weighted by molar-refractivity contribution is 0.0940. The van der Waals surface area contributed by atoms with E-state index in [4.69, 9.17) is 5.73 Å². The van der Waals surface area contributed by atoms with Gasteiger partial charge in [0.25, 0.3) is 5.91 Å². The number of hydrogen-bond donors (Lipinski definition) is 3. The standard InChI is InChI=1S/C21H29N3O/c1-3-4-7-14-23-15-17-10-12-18(13-11-17)21(25)24-16(2)19-8-5-6-9-20(19)22/h5-6,8-13,16,23H,3-4,7,14-15,22H2,1-2H3,(H,24,25). The molecular weight excluding hydrogens is 310 g/mol. The Morgan fingerprint density at radius 3 is 2.48 bits per heavy atom. The Hall–Kier alpha value is -2.33. The van der Waals surface area contributed by atoms with E-state index in [1.807, 2.05) is 55.5 Å². The van der Waals surface area contributed by atoms with E-state index >= 15 is 0 Å². The number of nitrogens with two attached hydrogens (primary N) is 1. The third-order valence-corrected chi connectivity index (χ3v) is 4.31. The van der Waals surface area contributed by atoms with E-state index in [2.05, 4.69) is 17.6 Å². The molecule has 0 radical (unpaired) electrons. The fourth-order valence-corrected chi connectivity index (χ4v) is 2.77. The molecule has 134 valence electrons. The van der Waals surface area contributed by atoms with E-state index in [1.54, 1.807) is 0 Å². The molecule has 1 unspecified atom stereocenters. The summed E-state index contributed by atoms with van der Waals surface area (Å²) in [5.74, 6) is -0.0850. The van der Waals surface area contributed by atoms with E-state index in [0.29, 0.717) is 11.3 Å². The van der Waals surface area contributed by atoms with Crippen LogP contribution in [-0.2, 0) is 6.54 Å². The van der Waals surface area contributed by atoms with Gasteiger partial charge in [-0.1, -0.05) is 50.1 Å². The van der Waals surface area contributed by atoms with E-state index in [9.17, 15) is 4.79 Å². The van der Waals surface area contributed by atoms with Crippen molar-refractivity contribution in [2.24, 2.45) is 0 Å². The first kappa shape index (κ1) is 19.0. The van der Waals surface area contributed by atoms with Gasteiger partial charge >= 0.3 is 0 Å². The Morgan fingerprint density at radius 2 is 1.80 bits per heavy atom. The van der Waals surface area contributed by atoms with Gasteiger partial charge in [0.15, 0.2) is 0 Å². The maximum Gasteiger partial charge on any atom is 0.251 e. The molecule has 2 aromatic carbocycles. The van der Waals surface area contributed by atoms with Gasteiger partial charge in [0.2, 0.25) is 0 Å². The Morgan fingerprint density at radius 1 is 1.08 bits per heavy atom. The van der Waals surface area contributed by atoms with Crippen LogP contribution in [0.3, 0.4) is 0 Å². The van der Waals surface area contributed by atoms with Crippen molar-refractivity contribution in [3.8, 4) is 0 Å². The maximum absolute atomic E-state index is 12.4. The van der Waals surface area contributed by atoms with Gasteiger partial charge in [-0.25, -0.2) is 0 Å². The summed E-state index contributed by atoms with van der Waals surface area (Å²) < 4.78 is 0. The average Bonchev–Trinajstić information content (AvgIpc) is 2.62. The molecule has 4 heteroatoms. The highest BCUT2D eigenvalue weighted by Crippen LogP contribution is 2.19. The highest BCUT2D eigenvalue weighted by Gasteiger charge is 2.13. The molecule has 0 bridgehead atoms. The predicted octanol–water partition coefficient (Wildman–Crippen LogP) is 4.04.